The number of carbonyl (C=O) groups is 1. The van der Waals surface area contributed by atoms with Crippen molar-refractivity contribution in [1.29, 1.82) is 0 Å². The standard InChI is InChI=1S/C30H39FN2O2/c31-27-13-11-22(12-14-27)23-15-17-32(18-16-23)19-26-20-33(21-28(26)24-7-3-1-4-8-24)29(30(34)35)25-9-5-2-6-10-25/h1,3-4,7-8,11-14,23,25-26,28-29H,2,5-6,9-10,15-21H2,(H,34,35)/t26-,28?,29+/m0/s1. The van der Waals surface area contributed by atoms with Crippen LogP contribution in [0.15, 0.2) is 54.6 Å². The molecule has 3 atom stereocenters. The molecule has 4 nitrogen and oxygen atoms in total. The second-order valence-corrected chi connectivity index (χ2v) is 11.0. The number of likely N-dealkylation sites (tertiary alicyclic amines) is 2. The molecule has 1 unspecified atom stereocenters. The summed E-state index contributed by atoms with van der Waals surface area (Å²) in [5, 5.41) is 10.2. The lowest BCUT2D eigenvalue weighted by atomic mass is 9.83. The first-order valence-electron chi connectivity index (χ1n) is 13.6. The zero-order valence-electron chi connectivity index (χ0n) is 20.7. The third-order valence-electron chi connectivity index (χ3n) is 8.86. The maximum atomic E-state index is 13.3. The highest BCUT2D eigenvalue weighted by atomic mass is 19.1. The van der Waals surface area contributed by atoms with Crippen molar-refractivity contribution in [3.63, 3.8) is 0 Å². The summed E-state index contributed by atoms with van der Waals surface area (Å²) < 4.78 is 13.3. The van der Waals surface area contributed by atoms with E-state index in [-0.39, 0.29) is 17.8 Å². The first kappa shape index (κ1) is 24.5. The topological polar surface area (TPSA) is 43.8 Å². The van der Waals surface area contributed by atoms with Crippen LogP contribution in [0.1, 0.15) is 67.9 Å². The Labute approximate surface area is 209 Å². The van der Waals surface area contributed by atoms with Crippen molar-refractivity contribution in [2.45, 2.75) is 62.8 Å². The molecular weight excluding hydrogens is 439 g/mol. The number of benzene rings is 2. The molecule has 2 heterocycles. The summed E-state index contributed by atoms with van der Waals surface area (Å²) in [6, 6.07) is 17.4. The van der Waals surface area contributed by atoms with Crippen molar-refractivity contribution in [1.82, 2.24) is 9.80 Å². The molecule has 0 radical (unpaired) electrons. The number of hydrogen-bond donors (Lipinski definition) is 1. The van der Waals surface area contributed by atoms with Crippen molar-refractivity contribution in [2.75, 3.05) is 32.7 Å². The Hall–Kier alpha value is -2.24. The molecule has 5 heteroatoms. The molecular formula is C30H39FN2O2. The van der Waals surface area contributed by atoms with Crippen LogP contribution in [-0.4, -0.2) is 59.6 Å². The van der Waals surface area contributed by atoms with Gasteiger partial charge in [0.2, 0.25) is 0 Å². The lowest BCUT2D eigenvalue weighted by molar-refractivity contribution is -0.145. The molecule has 188 valence electrons. The molecule has 1 N–H and O–H groups in total. The third kappa shape index (κ3) is 5.78. The summed E-state index contributed by atoms with van der Waals surface area (Å²) in [6.07, 6.45) is 7.85. The van der Waals surface area contributed by atoms with Gasteiger partial charge in [0.1, 0.15) is 11.9 Å². The van der Waals surface area contributed by atoms with E-state index in [4.69, 9.17) is 0 Å². The quantitative estimate of drug-likeness (QED) is 0.550. The minimum Gasteiger partial charge on any atom is -0.480 e. The van der Waals surface area contributed by atoms with Crippen LogP contribution < -0.4 is 0 Å². The van der Waals surface area contributed by atoms with Gasteiger partial charge in [-0.05, 0) is 79.8 Å². The van der Waals surface area contributed by atoms with E-state index >= 15 is 0 Å². The van der Waals surface area contributed by atoms with Crippen LogP contribution in [-0.2, 0) is 4.79 Å². The van der Waals surface area contributed by atoms with Crippen molar-refractivity contribution in [2.24, 2.45) is 11.8 Å². The van der Waals surface area contributed by atoms with Crippen LogP contribution >= 0.6 is 0 Å². The zero-order valence-corrected chi connectivity index (χ0v) is 20.7. The SMILES string of the molecule is O=C(O)[C@@H](C1CCCCC1)N1CC(c2ccccc2)[C@@H](CN2CCC(c3ccc(F)cc3)CC2)C1. The van der Waals surface area contributed by atoms with E-state index in [1.807, 2.05) is 12.1 Å². The summed E-state index contributed by atoms with van der Waals surface area (Å²) in [4.78, 5) is 17.3. The highest BCUT2D eigenvalue weighted by Gasteiger charge is 2.43. The number of carboxylic acid groups (broad SMARTS) is 1. The molecule has 2 saturated heterocycles. The van der Waals surface area contributed by atoms with Crippen LogP contribution in [0.25, 0.3) is 0 Å². The molecule has 35 heavy (non-hydrogen) atoms. The number of piperidine rings is 1. The number of nitrogens with zero attached hydrogens (tertiary/aromatic N) is 2. The van der Waals surface area contributed by atoms with E-state index in [0.717, 1.165) is 71.2 Å². The van der Waals surface area contributed by atoms with Gasteiger partial charge >= 0.3 is 5.97 Å². The van der Waals surface area contributed by atoms with E-state index in [0.29, 0.717) is 17.8 Å². The van der Waals surface area contributed by atoms with Gasteiger partial charge in [-0.1, -0.05) is 61.7 Å². The van der Waals surface area contributed by atoms with Crippen molar-refractivity contribution in [3.05, 3.63) is 71.5 Å². The van der Waals surface area contributed by atoms with Crippen LogP contribution in [0, 0.1) is 17.7 Å². The van der Waals surface area contributed by atoms with Crippen LogP contribution in [0.4, 0.5) is 4.39 Å². The fourth-order valence-electron chi connectivity index (χ4n) is 7.02. The molecule has 0 amide bonds. The predicted octanol–water partition coefficient (Wildman–Crippen LogP) is 5.75. The molecule has 0 bridgehead atoms. The molecule has 2 aromatic rings. The molecule has 2 aliphatic heterocycles. The molecule has 3 aliphatic rings. The lowest BCUT2D eigenvalue weighted by Gasteiger charge is -2.35. The Kier molecular flexibility index (Phi) is 7.84. The summed E-state index contributed by atoms with van der Waals surface area (Å²) in [5.74, 6) is 0.783. The van der Waals surface area contributed by atoms with Crippen LogP contribution in [0.5, 0.6) is 0 Å². The molecule has 1 aliphatic carbocycles. The fourth-order valence-corrected chi connectivity index (χ4v) is 7.02. The van der Waals surface area contributed by atoms with Gasteiger partial charge in [0, 0.05) is 25.6 Å². The van der Waals surface area contributed by atoms with E-state index in [1.165, 1.54) is 17.5 Å². The number of hydrogen-bond acceptors (Lipinski definition) is 3. The fraction of sp³-hybridized carbons (Fsp3) is 0.567. The Balaban J connectivity index is 1.27. The Bertz CT molecular complexity index is 952. The Morgan fingerprint density at radius 1 is 0.886 bits per heavy atom. The van der Waals surface area contributed by atoms with Crippen molar-refractivity contribution >= 4 is 5.97 Å². The van der Waals surface area contributed by atoms with E-state index in [2.05, 4.69) is 40.1 Å². The molecule has 5 rings (SSSR count). The van der Waals surface area contributed by atoms with E-state index in [1.54, 1.807) is 12.1 Å². The van der Waals surface area contributed by atoms with Crippen molar-refractivity contribution < 1.29 is 14.3 Å². The highest BCUT2D eigenvalue weighted by molar-refractivity contribution is 5.74. The van der Waals surface area contributed by atoms with Gasteiger partial charge in [-0.25, -0.2) is 4.39 Å². The van der Waals surface area contributed by atoms with E-state index in [9.17, 15) is 14.3 Å². The van der Waals surface area contributed by atoms with Gasteiger partial charge in [0.25, 0.3) is 0 Å². The van der Waals surface area contributed by atoms with Gasteiger partial charge < -0.3 is 10.0 Å². The second kappa shape index (κ2) is 11.2. The summed E-state index contributed by atoms with van der Waals surface area (Å²) in [6.45, 7) is 4.82. The zero-order chi connectivity index (χ0) is 24.2. The number of carboxylic acids is 1. The largest absolute Gasteiger partial charge is 0.480 e. The lowest BCUT2D eigenvalue weighted by Crippen LogP contribution is -2.46. The van der Waals surface area contributed by atoms with Crippen LogP contribution in [0.2, 0.25) is 0 Å². The highest BCUT2D eigenvalue weighted by Crippen LogP contribution is 2.39. The monoisotopic (exact) mass is 478 g/mol. The maximum absolute atomic E-state index is 13.3. The first-order chi connectivity index (χ1) is 17.1. The minimum absolute atomic E-state index is 0.170. The number of halogens is 1. The minimum atomic E-state index is -0.635. The molecule has 3 fully saturated rings. The predicted molar refractivity (Wildman–Crippen MR) is 137 cm³/mol. The number of aliphatic carboxylic acids is 1. The average Bonchev–Trinajstić information content (AvgIpc) is 3.29. The van der Waals surface area contributed by atoms with Crippen LogP contribution in [0.3, 0.4) is 0 Å². The second-order valence-electron chi connectivity index (χ2n) is 11.0. The molecule has 0 aromatic heterocycles. The van der Waals surface area contributed by atoms with Crippen molar-refractivity contribution in [3.8, 4) is 0 Å². The molecule has 2 aromatic carbocycles. The summed E-state index contributed by atoms with van der Waals surface area (Å²) in [5.41, 5.74) is 2.59. The van der Waals surface area contributed by atoms with Gasteiger partial charge in [-0.3, -0.25) is 9.69 Å². The summed E-state index contributed by atoms with van der Waals surface area (Å²) >= 11 is 0. The smallest absolute Gasteiger partial charge is 0.321 e. The maximum Gasteiger partial charge on any atom is 0.321 e. The average molecular weight is 479 g/mol. The van der Waals surface area contributed by atoms with Gasteiger partial charge in [-0.2, -0.15) is 0 Å². The molecule has 1 saturated carbocycles. The first-order valence-corrected chi connectivity index (χ1v) is 13.6. The van der Waals surface area contributed by atoms with Gasteiger partial charge in [-0.15, -0.1) is 0 Å². The number of rotatable bonds is 7. The molecule has 0 spiro atoms. The Morgan fingerprint density at radius 2 is 1.57 bits per heavy atom. The Morgan fingerprint density at radius 3 is 2.23 bits per heavy atom. The third-order valence-corrected chi connectivity index (χ3v) is 8.86. The summed E-state index contributed by atoms with van der Waals surface area (Å²) in [7, 11) is 0. The van der Waals surface area contributed by atoms with Gasteiger partial charge in [0.15, 0.2) is 0 Å². The van der Waals surface area contributed by atoms with E-state index < -0.39 is 5.97 Å². The normalized spacial score (nSPS) is 26.1. The van der Waals surface area contributed by atoms with Gasteiger partial charge in [0.05, 0.1) is 0 Å².